The molecule has 1 aliphatic rings. The zero-order valence-electron chi connectivity index (χ0n) is 12.0. The van der Waals surface area contributed by atoms with Gasteiger partial charge in [0.1, 0.15) is 5.69 Å². The molecule has 0 radical (unpaired) electrons. The molecule has 1 aliphatic heterocycles. The van der Waals surface area contributed by atoms with E-state index >= 15 is 0 Å². The second-order valence-electron chi connectivity index (χ2n) is 5.31. The lowest BCUT2D eigenvalue weighted by Gasteiger charge is -2.20. The molecule has 0 spiro atoms. The molecule has 0 bridgehead atoms. The first-order valence-corrected chi connectivity index (χ1v) is 7.32. The number of nitrogens with zero attached hydrogens (tertiary/aromatic N) is 3. The third-order valence-electron chi connectivity index (χ3n) is 3.83. The van der Waals surface area contributed by atoms with Crippen molar-refractivity contribution in [3.63, 3.8) is 0 Å². The average molecular weight is 277 g/mol. The van der Waals surface area contributed by atoms with Gasteiger partial charge in [-0.05, 0) is 25.2 Å². The predicted molar refractivity (Wildman–Crippen MR) is 78.0 cm³/mol. The minimum Gasteiger partial charge on any atom is -0.337 e. The second kappa shape index (κ2) is 7.19. The van der Waals surface area contributed by atoms with E-state index in [0.717, 1.165) is 31.8 Å². The monoisotopic (exact) mass is 277 g/mol. The zero-order valence-corrected chi connectivity index (χ0v) is 12.0. The lowest BCUT2D eigenvalue weighted by molar-refractivity contribution is 0.0753. The maximum atomic E-state index is 12.4. The maximum Gasteiger partial charge on any atom is 0.274 e. The van der Waals surface area contributed by atoms with Crippen molar-refractivity contribution in [2.45, 2.75) is 39.0 Å². The Balaban J connectivity index is 2.01. The number of carbonyl (C=O) groups excluding carboxylic acids is 1. The van der Waals surface area contributed by atoms with Gasteiger partial charge in [0.05, 0.1) is 12.4 Å². The Bertz CT molecular complexity index is 451. The highest BCUT2D eigenvalue weighted by atomic mass is 16.2. The molecule has 1 atom stereocenters. The summed E-state index contributed by atoms with van der Waals surface area (Å²) in [7, 11) is 0. The summed E-state index contributed by atoms with van der Waals surface area (Å²) >= 11 is 0. The lowest BCUT2D eigenvalue weighted by Crippen LogP contribution is -2.33. The second-order valence-corrected chi connectivity index (χ2v) is 5.31. The summed E-state index contributed by atoms with van der Waals surface area (Å²) in [5.41, 5.74) is 2.77. The molecule has 110 valence electrons. The summed E-state index contributed by atoms with van der Waals surface area (Å²) in [6.07, 6.45) is 8.84. The van der Waals surface area contributed by atoms with Crippen molar-refractivity contribution in [3.05, 3.63) is 18.1 Å². The number of rotatable bonds is 4. The van der Waals surface area contributed by atoms with Crippen LogP contribution in [-0.2, 0) is 0 Å². The van der Waals surface area contributed by atoms with Crippen LogP contribution in [0.5, 0.6) is 0 Å². The number of nitrogens with one attached hydrogen (secondary N) is 1. The first kappa shape index (κ1) is 14.7. The Labute approximate surface area is 119 Å². The highest BCUT2D eigenvalue weighted by Gasteiger charge is 2.22. The number of amides is 1. The van der Waals surface area contributed by atoms with Crippen LogP contribution in [0.4, 0.5) is 5.82 Å². The molecular formula is C14H23N5O. The number of anilines is 1. The van der Waals surface area contributed by atoms with Crippen LogP contribution in [0.1, 0.15) is 49.5 Å². The van der Waals surface area contributed by atoms with E-state index < -0.39 is 0 Å². The van der Waals surface area contributed by atoms with Gasteiger partial charge in [-0.3, -0.25) is 9.78 Å². The molecule has 0 aromatic carbocycles. The largest absolute Gasteiger partial charge is 0.337 e. The minimum atomic E-state index is -0.0493. The van der Waals surface area contributed by atoms with E-state index in [-0.39, 0.29) is 5.91 Å². The standard InChI is InChI=1S/C14H23N5O/c1-2-4-11-5-3-7-19(8-6-11)14(20)12-9-16-10-13(17-12)18-15/h9-11H,2-8,15H2,1H3,(H,17,18). The van der Waals surface area contributed by atoms with Gasteiger partial charge in [0.2, 0.25) is 0 Å². The Kier molecular flexibility index (Phi) is 5.29. The molecule has 3 N–H and O–H groups in total. The van der Waals surface area contributed by atoms with Crippen molar-refractivity contribution in [3.8, 4) is 0 Å². The quantitative estimate of drug-likeness (QED) is 0.647. The van der Waals surface area contributed by atoms with E-state index in [0.29, 0.717) is 11.5 Å². The smallest absolute Gasteiger partial charge is 0.274 e. The summed E-state index contributed by atoms with van der Waals surface area (Å²) in [6, 6.07) is 0. The molecule has 1 fully saturated rings. The Morgan fingerprint density at radius 3 is 3.05 bits per heavy atom. The van der Waals surface area contributed by atoms with Gasteiger partial charge < -0.3 is 10.3 Å². The van der Waals surface area contributed by atoms with Crippen LogP contribution in [0.3, 0.4) is 0 Å². The van der Waals surface area contributed by atoms with Gasteiger partial charge >= 0.3 is 0 Å². The van der Waals surface area contributed by atoms with Crippen LogP contribution in [0.25, 0.3) is 0 Å². The van der Waals surface area contributed by atoms with Gasteiger partial charge in [0.15, 0.2) is 5.82 Å². The fraction of sp³-hybridized carbons (Fsp3) is 0.643. The Morgan fingerprint density at radius 1 is 1.45 bits per heavy atom. The summed E-state index contributed by atoms with van der Waals surface area (Å²) in [5.74, 6) is 6.41. The zero-order chi connectivity index (χ0) is 14.4. The molecule has 20 heavy (non-hydrogen) atoms. The number of aromatic nitrogens is 2. The van der Waals surface area contributed by atoms with Gasteiger partial charge in [-0.15, -0.1) is 0 Å². The predicted octanol–water partition coefficient (Wildman–Crippen LogP) is 1.80. The molecule has 6 heteroatoms. The normalized spacial score (nSPS) is 19.5. The number of nitrogens with two attached hydrogens (primary N) is 1. The molecular weight excluding hydrogens is 254 g/mol. The first-order chi connectivity index (χ1) is 9.74. The highest BCUT2D eigenvalue weighted by molar-refractivity contribution is 5.92. The fourth-order valence-corrected chi connectivity index (χ4v) is 2.77. The van der Waals surface area contributed by atoms with Crippen molar-refractivity contribution >= 4 is 11.7 Å². The summed E-state index contributed by atoms with van der Waals surface area (Å²) < 4.78 is 0. The molecule has 1 aromatic heterocycles. The van der Waals surface area contributed by atoms with Crippen molar-refractivity contribution in [2.75, 3.05) is 18.5 Å². The summed E-state index contributed by atoms with van der Waals surface area (Å²) in [5, 5.41) is 0. The molecule has 2 heterocycles. The van der Waals surface area contributed by atoms with Crippen molar-refractivity contribution in [2.24, 2.45) is 11.8 Å². The third kappa shape index (κ3) is 3.66. The lowest BCUT2D eigenvalue weighted by atomic mass is 9.96. The third-order valence-corrected chi connectivity index (χ3v) is 3.83. The van der Waals surface area contributed by atoms with Crippen LogP contribution in [0, 0.1) is 5.92 Å². The molecule has 1 saturated heterocycles. The molecule has 0 saturated carbocycles. The topological polar surface area (TPSA) is 84.1 Å². The van der Waals surface area contributed by atoms with Crippen LogP contribution in [0.15, 0.2) is 12.4 Å². The van der Waals surface area contributed by atoms with Crippen molar-refractivity contribution in [1.82, 2.24) is 14.9 Å². The van der Waals surface area contributed by atoms with Crippen LogP contribution < -0.4 is 11.3 Å². The van der Waals surface area contributed by atoms with Crippen molar-refractivity contribution in [1.29, 1.82) is 0 Å². The molecule has 0 aliphatic carbocycles. The van der Waals surface area contributed by atoms with Crippen LogP contribution in [-0.4, -0.2) is 33.9 Å². The minimum absolute atomic E-state index is 0.0493. The van der Waals surface area contributed by atoms with Crippen LogP contribution in [0.2, 0.25) is 0 Å². The maximum absolute atomic E-state index is 12.4. The number of hydrogen-bond donors (Lipinski definition) is 2. The Hall–Kier alpha value is -1.69. The van der Waals surface area contributed by atoms with E-state index in [2.05, 4.69) is 22.3 Å². The van der Waals surface area contributed by atoms with Gasteiger partial charge in [-0.2, -0.15) is 0 Å². The number of hydrogen-bond acceptors (Lipinski definition) is 5. The molecule has 1 amide bonds. The molecule has 2 rings (SSSR count). The number of hydrazine groups is 1. The first-order valence-electron chi connectivity index (χ1n) is 7.32. The van der Waals surface area contributed by atoms with E-state index in [4.69, 9.17) is 5.84 Å². The van der Waals surface area contributed by atoms with Gasteiger partial charge in [-0.1, -0.05) is 19.8 Å². The summed E-state index contributed by atoms with van der Waals surface area (Å²) in [4.78, 5) is 22.5. The van der Waals surface area contributed by atoms with Crippen LogP contribution >= 0.6 is 0 Å². The highest BCUT2D eigenvalue weighted by Crippen LogP contribution is 2.22. The van der Waals surface area contributed by atoms with E-state index in [1.165, 1.54) is 31.7 Å². The molecule has 1 unspecified atom stereocenters. The van der Waals surface area contributed by atoms with E-state index in [9.17, 15) is 4.79 Å². The van der Waals surface area contributed by atoms with Crippen molar-refractivity contribution < 1.29 is 4.79 Å². The number of nitrogen functional groups attached to an aromatic ring is 1. The number of likely N-dealkylation sites (tertiary alicyclic amines) is 1. The van der Waals surface area contributed by atoms with Gasteiger partial charge in [-0.25, -0.2) is 10.8 Å². The SMILES string of the molecule is CCCC1CCCN(C(=O)c2cncc(NN)n2)CC1. The Morgan fingerprint density at radius 2 is 2.30 bits per heavy atom. The van der Waals surface area contributed by atoms with E-state index in [1.54, 1.807) is 0 Å². The van der Waals surface area contributed by atoms with Gasteiger partial charge in [0, 0.05) is 13.1 Å². The fourth-order valence-electron chi connectivity index (χ4n) is 2.77. The summed E-state index contributed by atoms with van der Waals surface area (Å²) in [6.45, 7) is 3.83. The van der Waals surface area contributed by atoms with Gasteiger partial charge in [0.25, 0.3) is 5.91 Å². The number of carbonyl (C=O) groups is 1. The van der Waals surface area contributed by atoms with E-state index in [1.807, 2.05) is 4.90 Å². The average Bonchev–Trinajstić information content (AvgIpc) is 2.73. The molecule has 1 aromatic rings. The molecule has 6 nitrogen and oxygen atoms in total.